The number of rotatable bonds is 4. The summed E-state index contributed by atoms with van der Waals surface area (Å²) in [5.74, 6) is 0.873. The normalized spacial score (nSPS) is 20.3. The molecule has 1 aliphatic heterocycles. The Bertz CT molecular complexity index is 364. The molecule has 2 N–H and O–H groups in total. The highest BCUT2D eigenvalue weighted by Gasteiger charge is 2.20. The van der Waals surface area contributed by atoms with Crippen LogP contribution in [0.25, 0.3) is 6.08 Å². The molecule has 18 heavy (non-hydrogen) atoms. The molecular weight excluding hydrogens is 220 g/mol. The molecule has 1 aromatic rings. The van der Waals surface area contributed by atoms with Gasteiger partial charge >= 0.3 is 0 Å². The topological polar surface area (TPSA) is 29.3 Å². The summed E-state index contributed by atoms with van der Waals surface area (Å²) in [6.45, 7) is 5.41. The lowest BCUT2D eigenvalue weighted by molar-refractivity contribution is 0.164. The first kappa shape index (κ1) is 13.3. The van der Waals surface area contributed by atoms with Crippen molar-refractivity contribution in [3.63, 3.8) is 0 Å². The zero-order valence-electron chi connectivity index (χ0n) is 11.3. The van der Waals surface area contributed by atoms with Gasteiger partial charge < -0.3 is 5.73 Å². The standard InChI is InChI=1S/C16H24N2/c1-14-9-11-18(12-10-14)16(13-17)8-7-15-5-3-2-4-6-15/h2-8,14,16H,9-13,17H2,1H3/b8-7-. The molecule has 2 nitrogen and oxygen atoms in total. The van der Waals surface area contributed by atoms with Crippen LogP contribution in [-0.4, -0.2) is 30.6 Å². The minimum Gasteiger partial charge on any atom is -0.329 e. The number of hydrogen-bond donors (Lipinski definition) is 1. The molecule has 0 spiro atoms. The Labute approximate surface area is 110 Å². The molecule has 1 saturated heterocycles. The Hall–Kier alpha value is -1.12. The van der Waals surface area contributed by atoms with E-state index in [-0.39, 0.29) is 0 Å². The summed E-state index contributed by atoms with van der Waals surface area (Å²) in [6.07, 6.45) is 7.05. The Kier molecular flexibility index (Phi) is 4.97. The maximum absolute atomic E-state index is 5.91. The van der Waals surface area contributed by atoms with Crippen molar-refractivity contribution in [1.82, 2.24) is 4.90 Å². The van der Waals surface area contributed by atoms with Crippen LogP contribution in [0.1, 0.15) is 25.3 Å². The molecule has 1 unspecified atom stereocenters. The smallest absolute Gasteiger partial charge is 0.0404 e. The number of piperidine rings is 1. The third-order valence-corrected chi connectivity index (χ3v) is 3.84. The molecular formula is C16H24N2. The molecule has 2 rings (SSSR count). The van der Waals surface area contributed by atoms with Gasteiger partial charge in [-0.05, 0) is 37.4 Å². The first-order chi connectivity index (χ1) is 8.79. The monoisotopic (exact) mass is 244 g/mol. The van der Waals surface area contributed by atoms with Crippen molar-refractivity contribution in [3.05, 3.63) is 42.0 Å². The average Bonchev–Trinajstić information content (AvgIpc) is 2.42. The summed E-state index contributed by atoms with van der Waals surface area (Å²) in [5.41, 5.74) is 7.16. The van der Waals surface area contributed by atoms with Gasteiger partial charge in [-0.1, -0.05) is 49.4 Å². The number of hydrogen-bond acceptors (Lipinski definition) is 2. The number of nitrogens with two attached hydrogens (primary N) is 1. The van der Waals surface area contributed by atoms with E-state index < -0.39 is 0 Å². The van der Waals surface area contributed by atoms with Crippen LogP contribution < -0.4 is 5.73 Å². The Morgan fingerprint density at radius 3 is 2.56 bits per heavy atom. The average molecular weight is 244 g/mol. The molecule has 1 fully saturated rings. The van der Waals surface area contributed by atoms with E-state index in [4.69, 9.17) is 5.73 Å². The maximum Gasteiger partial charge on any atom is 0.0404 e. The minimum absolute atomic E-state index is 0.387. The summed E-state index contributed by atoms with van der Waals surface area (Å²) < 4.78 is 0. The van der Waals surface area contributed by atoms with Gasteiger partial charge in [0.2, 0.25) is 0 Å². The first-order valence-corrected chi connectivity index (χ1v) is 6.97. The van der Waals surface area contributed by atoms with Gasteiger partial charge in [0.05, 0.1) is 0 Å². The predicted molar refractivity (Wildman–Crippen MR) is 78.3 cm³/mol. The van der Waals surface area contributed by atoms with Crippen LogP contribution in [-0.2, 0) is 0 Å². The molecule has 0 bridgehead atoms. The lowest BCUT2D eigenvalue weighted by Gasteiger charge is -2.34. The van der Waals surface area contributed by atoms with E-state index in [1.807, 2.05) is 6.07 Å². The highest BCUT2D eigenvalue weighted by molar-refractivity contribution is 5.49. The fourth-order valence-corrected chi connectivity index (χ4v) is 2.50. The Morgan fingerprint density at radius 1 is 1.28 bits per heavy atom. The second kappa shape index (κ2) is 6.72. The van der Waals surface area contributed by atoms with E-state index in [9.17, 15) is 0 Å². The molecule has 0 aromatic heterocycles. The van der Waals surface area contributed by atoms with Gasteiger partial charge in [0.1, 0.15) is 0 Å². The van der Waals surface area contributed by atoms with E-state index in [1.165, 1.54) is 31.5 Å². The van der Waals surface area contributed by atoms with Gasteiger partial charge in [0, 0.05) is 12.6 Å². The lowest BCUT2D eigenvalue weighted by Crippen LogP contribution is -2.43. The Morgan fingerprint density at radius 2 is 1.94 bits per heavy atom. The highest BCUT2D eigenvalue weighted by Crippen LogP contribution is 2.18. The van der Waals surface area contributed by atoms with Crippen LogP contribution in [0.4, 0.5) is 0 Å². The van der Waals surface area contributed by atoms with E-state index in [2.05, 4.69) is 48.2 Å². The second-order valence-electron chi connectivity index (χ2n) is 5.29. The van der Waals surface area contributed by atoms with Gasteiger partial charge in [-0.2, -0.15) is 0 Å². The maximum atomic E-state index is 5.91. The van der Waals surface area contributed by atoms with Gasteiger partial charge in [-0.25, -0.2) is 0 Å². The molecule has 0 amide bonds. The van der Waals surface area contributed by atoms with Crippen molar-refractivity contribution in [2.24, 2.45) is 11.7 Å². The van der Waals surface area contributed by atoms with Crippen molar-refractivity contribution in [1.29, 1.82) is 0 Å². The minimum atomic E-state index is 0.387. The quantitative estimate of drug-likeness (QED) is 0.882. The van der Waals surface area contributed by atoms with Crippen molar-refractivity contribution >= 4 is 6.08 Å². The van der Waals surface area contributed by atoms with E-state index in [0.29, 0.717) is 12.6 Å². The molecule has 1 atom stereocenters. The second-order valence-corrected chi connectivity index (χ2v) is 5.29. The first-order valence-electron chi connectivity index (χ1n) is 6.97. The summed E-state index contributed by atoms with van der Waals surface area (Å²) in [5, 5.41) is 0. The number of likely N-dealkylation sites (tertiary alicyclic amines) is 1. The van der Waals surface area contributed by atoms with Crippen LogP contribution >= 0.6 is 0 Å². The molecule has 0 saturated carbocycles. The van der Waals surface area contributed by atoms with Gasteiger partial charge in [-0.3, -0.25) is 4.90 Å². The Balaban J connectivity index is 1.95. The van der Waals surface area contributed by atoms with Crippen LogP contribution in [0.3, 0.4) is 0 Å². The SMILES string of the molecule is CC1CCN(C(/C=C\c2ccccc2)CN)CC1. The lowest BCUT2D eigenvalue weighted by atomic mass is 9.97. The zero-order chi connectivity index (χ0) is 12.8. The van der Waals surface area contributed by atoms with Crippen molar-refractivity contribution in [2.45, 2.75) is 25.8 Å². The highest BCUT2D eigenvalue weighted by atomic mass is 15.2. The summed E-state index contributed by atoms with van der Waals surface area (Å²) in [6, 6.07) is 10.8. The summed E-state index contributed by atoms with van der Waals surface area (Å²) in [7, 11) is 0. The van der Waals surface area contributed by atoms with Crippen molar-refractivity contribution < 1.29 is 0 Å². The molecule has 1 aromatic carbocycles. The van der Waals surface area contributed by atoms with Crippen LogP contribution in [0.5, 0.6) is 0 Å². The molecule has 98 valence electrons. The molecule has 0 radical (unpaired) electrons. The van der Waals surface area contributed by atoms with E-state index in [1.54, 1.807) is 0 Å². The summed E-state index contributed by atoms with van der Waals surface area (Å²) >= 11 is 0. The van der Waals surface area contributed by atoms with E-state index in [0.717, 1.165) is 5.92 Å². The van der Waals surface area contributed by atoms with Gasteiger partial charge in [-0.15, -0.1) is 0 Å². The fraction of sp³-hybridized carbons (Fsp3) is 0.500. The fourth-order valence-electron chi connectivity index (χ4n) is 2.50. The van der Waals surface area contributed by atoms with Crippen LogP contribution in [0.2, 0.25) is 0 Å². The van der Waals surface area contributed by atoms with Crippen molar-refractivity contribution in [2.75, 3.05) is 19.6 Å². The predicted octanol–water partition coefficient (Wildman–Crippen LogP) is 2.76. The molecule has 1 aliphatic rings. The van der Waals surface area contributed by atoms with Gasteiger partial charge in [0.15, 0.2) is 0 Å². The third-order valence-electron chi connectivity index (χ3n) is 3.84. The van der Waals surface area contributed by atoms with E-state index >= 15 is 0 Å². The van der Waals surface area contributed by atoms with Gasteiger partial charge in [0.25, 0.3) is 0 Å². The molecule has 0 aliphatic carbocycles. The zero-order valence-corrected chi connectivity index (χ0v) is 11.3. The summed E-state index contributed by atoms with van der Waals surface area (Å²) in [4.78, 5) is 2.51. The molecule has 1 heterocycles. The van der Waals surface area contributed by atoms with Crippen LogP contribution in [0, 0.1) is 5.92 Å². The number of nitrogens with zero attached hydrogens (tertiary/aromatic N) is 1. The van der Waals surface area contributed by atoms with Crippen molar-refractivity contribution in [3.8, 4) is 0 Å². The molecule has 2 heteroatoms. The van der Waals surface area contributed by atoms with Crippen LogP contribution in [0.15, 0.2) is 36.4 Å². The third kappa shape index (κ3) is 3.69. The number of benzene rings is 1. The largest absolute Gasteiger partial charge is 0.329 e.